The van der Waals surface area contributed by atoms with Crippen molar-refractivity contribution in [2.45, 2.75) is 60.3 Å². The maximum atomic E-state index is 12.6. The van der Waals surface area contributed by atoms with Crippen LogP contribution in [-0.2, 0) is 4.79 Å². The molecule has 0 aromatic carbocycles. The Bertz CT molecular complexity index is 508. The van der Waals surface area contributed by atoms with Crippen LogP contribution in [0.25, 0.3) is 0 Å². The Kier molecular flexibility index (Phi) is 3.66. The molecule has 6 unspecified atom stereocenters. The van der Waals surface area contributed by atoms with Gasteiger partial charge in [-0.3, -0.25) is 4.79 Å². The Balaban J connectivity index is 1.73. The molecular formula is C20H30O. The number of ketones is 1. The van der Waals surface area contributed by atoms with E-state index in [9.17, 15) is 4.79 Å². The molecule has 0 bridgehead atoms. The summed E-state index contributed by atoms with van der Waals surface area (Å²) in [7, 11) is 0. The molecule has 0 aliphatic heterocycles. The van der Waals surface area contributed by atoms with Gasteiger partial charge in [-0.1, -0.05) is 31.1 Å². The maximum Gasteiger partial charge on any atom is 0.162 e. The van der Waals surface area contributed by atoms with Gasteiger partial charge in [-0.2, -0.15) is 0 Å². The molecule has 0 radical (unpaired) electrons. The van der Waals surface area contributed by atoms with Gasteiger partial charge in [-0.15, -0.1) is 0 Å². The summed E-state index contributed by atoms with van der Waals surface area (Å²) in [5.74, 6) is 3.84. The first kappa shape index (κ1) is 15.1. The zero-order chi connectivity index (χ0) is 15.4. The summed E-state index contributed by atoms with van der Waals surface area (Å²) in [5, 5.41) is 0. The Labute approximate surface area is 129 Å². The average molecular weight is 286 g/mol. The predicted molar refractivity (Wildman–Crippen MR) is 87.9 cm³/mol. The Hall–Kier alpha value is -0.850. The van der Waals surface area contributed by atoms with Gasteiger partial charge >= 0.3 is 0 Å². The molecule has 0 saturated heterocycles. The van der Waals surface area contributed by atoms with E-state index < -0.39 is 0 Å². The second-order valence-corrected chi connectivity index (χ2v) is 8.17. The number of fused-ring (bicyclic) bond motifs is 1. The summed E-state index contributed by atoms with van der Waals surface area (Å²) < 4.78 is 0. The molecule has 0 amide bonds. The molecular weight excluding hydrogens is 256 g/mol. The van der Waals surface area contributed by atoms with E-state index >= 15 is 0 Å². The highest BCUT2D eigenvalue weighted by molar-refractivity contribution is 6.03. The van der Waals surface area contributed by atoms with Crippen molar-refractivity contribution in [2.75, 3.05) is 0 Å². The molecule has 0 aromatic heterocycles. The number of carbonyl (C=O) groups is 1. The van der Waals surface area contributed by atoms with E-state index in [-0.39, 0.29) is 5.41 Å². The number of allylic oxidation sites excluding steroid dienone is 4. The molecule has 1 spiro atoms. The molecule has 3 rings (SSSR count). The lowest BCUT2D eigenvalue weighted by molar-refractivity contribution is -0.123. The van der Waals surface area contributed by atoms with Crippen LogP contribution in [0.5, 0.6) is 0 Å². The molecule has 0 heterocycles. The van der Waals surface area contributed by atoms with Gasteiger partial charge < -0.3 is 0 Å². The molecule has 21 heavy (non-hydrogen) atoms. The van der Waals surface area contributed by atoms with Gasteiger partial charge in [0.2, 0.25) is 0 Å². The van der Waals surface area contributed by atoms with E-state index in [4.69, 9.17) is 0 Å². The lowest BCUT2D eigenvalue weighted by atomic mass is 9.68. The standard InChI is InChI=1S/C20H30O/c1-12(2)7-6-8-13(3)16-10-9-15(5)20-17(21)11-14(4)18(20)19(16)20/h7,11,13,15-16,18-19H,6,8-10H2,1-5H3. The summed E-state index contributed by atoms with van der Waals surface area (Å²) in [6.45, 7) is 11.3. The second kappa shape index (κ2) is 5.11. The fourth-order valence-electron chi connectivity index (χ4n) is 5.66. The van der Waals surface area contributed by atoms with Crippen LogP contribution in [-0.4, -0.2) is 5.78 Å². The van der Waals surface area contributed by atoms with E-state index in [1.807, 2.05) is 6.08 Å². The molecule has 2 fully saturated rings. The van der Waals surface area contributed by atoms with Gasteiger partial charge in [-0.25, -0.2) is 0 Å². The highest BCUT2D eigenvalue weighted by atomic mass is 16.1. The fraction of sp³-hybridized carbons (Fsp3) is 0.750. The van der Waals surface area contributed by atoms with Crippen molar-refractivity contribution >= 4 is 5.78 Å². The van der Waals surface area contributed by atoms with Crippen LogP contribution in [0.15, 0.2) is 23.3 Å². The van der Waals surface area contributed by atoms with Gasteiger partial charge in [0.15, 0.2) is 5.78 Å². The van der Waals surface area contributed by atoms with Crippen LogP contribution in [0, 0.1) is 35.0 Å². The van der Waals surface area contributed by atoms with Gasteiger partial charge in [0.05, 0.1) is 0 Å². The number of hydrogen-bond acceptors (Lipinski definition) is 1. The maximum absolute atomic E-state index is 12.6. The van der Waals surface area contributed by atoms with Crippen LogP contribution >= 0.6 is 0 Å². The van der Waals surface area contributed by atoms with Crippen molar-refractivity contribution in [2.24, 2.45) is 35.0 Å². The summed E-state index contributed by atoms with van der Waals surface area (Å²) in [5.41, 5.74) is 2.84. The van der Waals surface area contributed by atoms with Gasteiger partial charge in [0, 0.05) is 5.41 Å². The van der Waals surface area contributed by atoms with E-state index in [0.29, 0.717) is 23.5 Å². The zero-order valence-electron chi connectivity index (χ0n) is 14.3. The summed E-state index contributed by atoms with van der Waals surface area (Å²) in [6.07, 6.45) is 9.37. The summed E-state index contributed by atoms with van der Waals surface area (Å²) >= 11 is 0. The Morgan fingerprint density at radius 2 is 2.14 bits per heavy atom. The van der Waals surface area contributed by atoms with E-state index in [2.05, 4.69) is 40.7 Å². The van der Waals surface area contributed by atoms with Crippen molar-refractivity contribution < 1.29 is 4.79 Å². The smallest absolute Gasteiger partial charge is 0.162 e. The molecule has 1 heteroatoms. The van der Waals surface area contributed by atoms with E-state index in [1.165, 1.54) is 36.8 Å². The fourth-order valence-corrected chi connectivity index (χ4v) is 5.66. The lowest BCUT2D eigenvalue weighted by Gasteiger charge is -2.35. The van der Waals surface area contributed by atoms with Crippen molar-refractivity contribution in [3.8, 4) is 0 Å². The molecule has 2 saturated carbocycles. The summed E-state index contributed by atoms with van der Waals surface area (Å²) in [4.78, 5) is 12.6. The van der Waals surface area contributed by atoms with Crippen LogP contribution in [0.1, 0.15) is 60.3 Å². The van der Waals surface area contributed by atoms with Crippen molar-refractivity contribution in [3.63, 3.8) is 0 Å². The molecule has 0 aromatic rings. The highest BCUT2D eigenvalue weighted by Crippen LogP contribution is 2.76. The van der Waals surface area contributed by atoms with Gasteiger partial charge in [0.25, 0.3) is 0 Å². The Morgan fingerprint density at radius 1 is 1.43 bits per heavy atom. The number of hydrogen-bond donors (Lipinski definition) is 0. The molecule has 0 N–H and O–H groups in total. The molecule has 6 atom stereocenters. The third-order valence-electron chi connectivity index (χ3n) is 6.71. The van der Waals surface area contributed by atoms with Crippen molar-refractivity contribution in [1.82, 2.24) is 0 Å². The van der Waals surface area contributed by atoms with Gasteiger partial charge in [0.1, 0.15) is 0 Å². The molecule has 3 aliphatic carbocycles. The monoisotopic (exact) mass is 286 g/mol. The molecule has 116 valence electrons. The third kappa shape index (κ3) is 2.07. The third-order valence-corrected chi connectivity index (χ3v) is 6.71. The number of rotatable bonds is 4. The van der Waals surface area contributed by atoms with Crippen LogP contribution in [0.2, 0.25) is 0 Å². The average Bonchev–Trinajstić information content (AvgIpc) is 3.03. The SMILES string of the molecule is CC(C)=CCCC(C)C1CCC(C)C23C(=O)C=C(C)C2C13. The van der Waals surface area contributed by atoms with E-state index in [1.54, 1.807) is 0 Å². The van der Waals surface area contributed by atoms with Crippen molar-refractivity contribution in [3.05, 3.63) is 23.3 Å². The molecule has 3 aliphatic rings. The lowest BCUT2D eigenvalue weighted by Crippen LogP contribution is -2.33. The first-order chi connectivity index (χ1) is 9.90. The van der Waals surface area contributed by atoms with Crippen LogP contribution in [0.4, 0.5) is 0 Å². The second-order valence-electron chi connectivity index (χ2n) is 8.17. The molecule has 1 nitrogen and oxygen atoms in total. The normalized spacial score (nSPS) is 42.0. The minimum absolute atomic E-state index is 0.0395. The largest absolute Gasteiger partial charge is 0.294 e. The highest BCUT2D eigenvalue weighted by Gasteiger charge is 2.76. The summed E-state index contributed by atoms with van der Waals surface area (Å²) in [6, 6.07) is 0. The van der Waals surface area contributed by atoms with Crippen molar-refractivity contribution in [1.29, 1.82) is 0 Å². The minimum Gasteiger partial charge on any atom is -0.294 e. The van der Waals surface area contributed by atoms with E-state index in [0.717, 1.165) is 11.8 Å². The predicted octanol–water partition coefficient (Wildman–Crippen LogP) is 5.18. The number of carbonyl (C=O) groups excluding carboxylic acids is 1. The minimum atomic E-state index is 0.0395. The van der Waals surface area contributed by atoms with Gasteiger partial charge in [-0.05, 0) is 82.1 Å². The Morgan fingerprint density at radius 3 is 2.81 bits per heavy atom. The first-order valence-electron chi connectivity index (χ1n) is 8.76. The van der Waals surface area contributed by atoms with Crippen LogP contribution < -0.4 is 0 Å². The topological polar surface area (TPSA) is 17.1 Å². The quantitative estimate of drug-likeness (QED) is 0.651. The first-order valence-corrected chi connectivity index (χ1v) is 8.76. The van der Waals surface area contributed by atoms with Crippen LogP contribution in [0.3, 0.4) is 0 Å². The zero-order valence-corrected chi connectivity index (χ0v) is 14.3.